The number of amides is 1. The van der Waals surface area contributed by atoms with Crippen molar-refractivity contribution >= 4 is 25.7 Å². The van der Waals surface area contributed by atoms with E-state index in [1.54, 1.807) is 0 Å². The zero-order valence-electron chi connectivity index (χ0n) is 45.7. The van der Waals surface area contributed by atoms with Gasteiger partial charge in [-0.15, -0.1) is 0 Å². The van der Waals surface area contributed by atoms with Crippen LogP contribution in [-0.4, -0.2) is 104 Å². The summed E-state index contributed by atoms with van der Waals surface area (Å²) in [5.74, 6) is -2.66. The molecule has 1 rings (SSSR count). The van der Waals surface area contributed by atoms with Crippen molar-refractivity contribution in [3.63, 3.8) is 0 Å². The molecule has 0 aromatic rings. The van der Waals surface area contributed by atoms with E-state index < -0.39 is 100 Å². The molecular weight excluding hydrogens is 942 g/mol. The van der Waals surface area contributed by atoms with Gasteiger partial charge in [-0.1, -0.05) is 245 Å². The zero-order chi connectivity index (χ0) is 53.1. The van der Waals surface area contributed by atoms with Crippen molar-refractivity contribution in [3.05, 3.63) is 0 Å². The Hall–Kier alpha value is -1.68. The molecule has 0 saturated carbocycles. The largest absolute Gasteiger partial charge is 0.470 e. The summed E-state index contributed by atoms with van der Waals surface area (Å²) in [5.41, 5.74) is 0. The van der Waals surface area contributed by atoms with Crippen LogP contribution in [0.3, 0.4) is 0 Å². The molecule has 0 aromatic heterocycles. The average molecular weight is 1050 g/mol. The van der Waals surface area contributed by atoms with Crippen LogP contribution in [0.5, 0.6) is 0 Å². The van der Waals surface area contributed by atoms with Crippen LogP contribution in [0, 0.1) is 0 Å². The number of hydrogen-bond acceptors (Lipinski definition) is 12. The number of esters is 2. The fourth-order valence-electron chi connectivity index (χ4n) is 9.74. The maximum absolute atomic E-state index is 13.6. The second-order valence-electron chi connectivity index (χ2n) is 21.1. The SMILES string of the molecule is CCCCCCCCCCCCCCC[C@@H](O)CC(=O)O[C@H]1O[C@H](CO)[C@@H](OP(=O)(O)O)[C@H](OC(=O)C[C@H](O)CCCCCCCCCCCCC)[C@H]1NC(=O)C[C@H](O)CCCCCCCCCCCCC. The smallest absolute Gasteiger partial charge is 0.457 e. The molecule has 16 heteroatoms. The van der Waals surface area contributed by atoms with E-state index in [-0.39, 0.29) is 0 Å². The Morgan fingerprint density at radius 2 is 0.778 bits per heavy atom. The maximum atomic E-state index is 13.6. The summed E-state index contributed by atoms with van der Waals surface area (Å²) in [7, 11) is -5.36. The van der Waals surface area contributed by atoms with E-state index in [4.69, 9.17) is 18.7 Å². The molecule has 1 saturated heterocycles. The Kier molecular flexibility index (Phi) is 43.2. The Morgan fingerprint density at radius 3 is 1.10 bits per heavy atom. The van der Waals surface area contributed by atoms with Crippen LogP contribution in [0.1, 0.15) is 284 Å². The van der Waals surface area contributed by atoms with Crippen LogP contribution in [0.15, 0.2) is 0 Å². The molecule has 8 atom stereocenters. The number of rotatable bonds is 50. The van der Waals surface area contributed by atoms with Gasteiger partial charge in [-0.25, -0.2) is 4.57 Å². The minimum Gasteiger partial charge on any atom is -0.457 e. The van der Waals surface area contributed by atoms with Crippen molar-refractivity contribution in [2.45, 2.75) is 333 Å². The fraction of sp³-hybridized carbons (Fsp3) is 0.946. The second kappa shape index (κ2) is 45.5. The van der Waals surface area contributed by atoms with Crippen LogP contribution in [-0.2, 0) is 37.7 Å². The predicted molar refractivity (Wildman–Crippen MR) is 285 cm³/mol. The first-order valence-electron chi connectivity index (χ1n) is 29.5. The van der Waals surface area contributed by atoms with Gasteiger partial charge in [0.15, 0.2) is 6.10 Å². The van der Waals surface area contributed by atoms with Crippen molar-refractivity contribution in [1.82, 2.24) is 5.32 Å². The molecule has 0 spiro atoms. The number of aliphatic hydroxyl groups is 4. The van der Waals surface area contributed by atoms with Gasteiger partial charge in [-0.05, 0) is 19.3 Å². The number of carbonyl (C=O) groups excluding carboxylic acids is 3. The van der Waals surface area contributed by atoms with Gasteiger partial charge < -0.3 is 49.7 Å². The molecule has 426 valence electrons. The predicted octanol–water partition coefficient (Wildman–Crippen LogP) is 12.3. The van der Waals surface area contributed by atoms with Crippen LogP contribution in [0.2, 0.25) is 0 Å². The first kappa shape index (κ1) is 68.3. The highest BCUT2D eigenvalue weighted by Gasteiger charge is 2.53. The van der Waals surface area contributed by atoms with E-state index in [9.17, 15) is 49.2 Å². The Bertz CT molecular complexity index is 1350. The monoisotopic (exact) mass is 1050 g/mol. The molecule has 0 radical (unpaired) electrons. The fourth-order valence-corrected chi connectivity index (χ4v) is 10.3. The summed E-state index contributed by atoms with van der Waals surface area (Å²) in [6.45, 7) is 5.72. The number of unbranched alkanes of at least 4 members (excludes halogenated alkanes) is 32. The van der Waals surface area contributed by atoms with Crippen LogP contribution in [0.4, 0.5) is 0 Å². The number of phosphoric acid groups is 1. The van der Waals surface area contributed by atoms with Gasteiger partial charge in [-0.2, -0.15) is 0 Å². The maximum Gasteiger partial charge on any atom is 0.470 e. The first-order chi connectivity index (χ1) is 34.7. The van der Waals surface area contributed by atoms with Crippen LogP contribution in [0.25, 0.3) is 0 Å². The molecule has 0 unspecified atom stereocenters. The molecule has 72 heavy (non-hydrogen) atoms. The summed E-state index contributed by atoms with van der Waals surface area (Å²) in [5, 5.41) is 45.5. The molecule has 0 bridgehead atoms. The highest BCUT2D eigenvalue weighted by atomic mass is 31.2. The average Bonchev–Trinajstić information content (AvgIpc) is 3.32. The number of aliphatic hydroxyl groups excluding tert-OH is 4. The van der Waals surface area contributed by atoms with Gasteiger partial charge in [0.2, 0.25) is 12.2 Å². The van der Waals surface area contributed by atoms with Crippen molar-refractivity contribution in [1.29, 1.82) is 0 Å². The van der Waals surface area contributed by atoms with Gasteiger partial charge in [0.1, 0.15) is 18.2 Å². The molecule has 1 aliphatic rings. The normalized spacial score (nSPS) is 19.5. The third kappa shape index (κ3) is 38.0. The summed E-state index contributed by atoms with van der Waals surface area (Å²) < 4.78 is 34.6. The highest BCUT2D eigenvalue weighted by molar-refractivity contribution is 7.46. The molecule has 7 N–H and O–H groups in total. The molecule has 1 aliphatic heterocycles. The van der Waals surface area contributed by atoms with E-state index in [2.05, 4.69) is 26.1 Å². The number of carbonyl (C=O) groups is 3. The molecule has 1 fully saturated rings. The van der Waals surface area contributed by atoms with Crippen LogP contribution >= 0.6 is 7.82 Å². The minimum atomic E-state index is -5.36. The van der Waals surface area contributed by atoms with Crippen molar-refractivity contribution < 1.29 is 67.9 Å². The summed E-state index contributed by atoms with van der Waals surface area (Å²) >= 11 is 0. The van der Waals surface area contributed by atoms with Gasteiger partial charge in [-0.3, -0.25) is 18.9 Å². The highest BCUT2D eigenvalue weighted by Crippen LogP contribution is 2.42. The quantitative estimate of drug-likeness (QED) is 0.0170. The van der Waals surface area contributed by atoms with Gasteiger partial charge in [0.25, 0.3) is 0 Å². The third-order valence-corrected chi connectivity index (χ3v) is 14.6. The summed E-state index contributed by atoms with van der Waals surface area (Å²) in [6.07, 6.45) is 29.3. The molecule has 0 aliphatic carbocycles. The lowest BCUT2D eigenvalue weighted by Crippen LogP contribution is -2.66. The molecular formula is C56H108NO14P. The number of phosphoric ester groups is 1. The van der Waals surface area contributed by atoms with Crippen molar-refractivity contribution in [3.8, 4) is 0 Å². The molecule has 1 amide bonds. The summed E-state index contributed by atoms with van der Waals surface area (Å²) in [6, 6.07) is -1.64. The standard InChI is InChI=1S/C56H108NO14P/c1-4-7-10-13-16-19-22-23-26-29-32-35-38-41-48(61)44-52(64)70-56-53(57-50(62)42-46(59)39-36-33-30-27-24-20-17-14-11-8-5-2)55(54(49(45-58)68-56)71-72(65,66)67)69-51(63)43-47(60)40-37-34-31-28-25-21-18-15-12-9-6-3/h46-49,53-56,58-61H,4-45H2,1-3H3,(H,57,62)(H2,65,66,67)/t46-,47-,48-,49-,53-,54-,55-,56-/m1/s1. The summed E-state index contributed by atoms with van der Waals surface area (Å²) in [4.78, 5) is 60.5. The Morgan fingerprint density at radius 1 is 0.472 bits per heavy atom. The Labute approximate surface area is 437 Å². The van der Waals surface area contributed by atoms with Gasteiger partial charge in [0.05, 0.1) is 44.2 Å². The van der Waals surface area contributed by atoms with Gasteiger partial charge in [0, 0.05) is 0 Å². The van der Waals surface area contributed by atoms with E-state index in [0.29, 0.717) is 38.5 Å². The lowest BCUT2D eigenvalue weighted by Gasteiger charge is -2.44. The van der Waals surface area contributed by atoms with E-state index in [0.717, 1.165) is 64.2 Å². The lowest BCUT2D eigenvalue weighted by molar-refractivity contribution is -0.265. The number of nitrogens with one attached hydrogen (secondary N) is 1. The second-order valence-corrected chi connectivity index (χ2v) is 22.3. The van der Waals surface area contributed by atoms with E-state index >= 15 is 0 Å². The van der Waals surface area contributed by atoms with Crippen LogP contribution < -0.4 is 5.32 Å². The number of hydrogen-bond donors (Lipinski definition) is 7. The molecule has 0 aromatic carbocycles. The topological polar surface area (TPSA) is 239 Å². The Balaban J connectivity index is 2.97. The first-order valence-corrected chi connectivity index (χ1v) is 31.0. The van der Waals surface area contributed by atoms with Crippen molar-refractivity contribution in [2.75, 3.05) is 6.61 Å². The lowest BCUT2D eigenvalue weighted by atomic mass is 9.95. The zero-order valence-corrected chi connectivity index (χ0v) is 46.6. The third-order valence-electron chi connectivity index (χ3n) is 14.1. The number of ether oxygens (including phenoxy) is 3. The van der Waals surface area contributed by atoms with Crippen molar-refractivity contribution in [2.24, 2.45) is 0 Å². The van der Waals surface area contributed by atoms with Gasteiger partial charge >= 0.3 is 19.8 Å². The molecule has 15 nitrogen and oxygen atoms in total. The van der Waals surface area contributed by atoms with E-state index in [1.807, 2.05) is 0 Å². The molecule has 1 heterocycles. The minimum absolute atomic E-state index is 0.306. The van der Waals surface area contributed by atoms with E-state index in [1.165, 1.54) is 141 Å².